The van der Waals surface area contributed by atoms with E-state index >= 15 is 0 Å². The second-order valence-corrected chi connectivity index (χ2v) is 8.05. The largest absolute Gasteiger partial charge is 0.489 e. The zero-order valence-electron chi connectivity index (χ0n) is 18.4. The molecule has 1 aliphatic heterocycles. The number of para-hydroxylation sites is 1. The van der Waals surface area contributed by atoms with E-state index in [0.29, 0.717) is 30.9 Å². The molecule has 0 radical (unpaired) electrons. The van der Waals surface area contributed by atoms with Gasteiger partial charge in [-0.15, -0.1) is 0 Å². The molecule has 3 N–H and O–H groups in total. The van der Waals surface area contributed by atoms with Gasteiger partial charge in [0.2, 0.25) is 5.91 Å². The second-order valence-electron chi connectivity index (χ2n) is 8.05. The topological polar surface area (TPSA) is 92.4 Å². The molecule has 1 fully saturated rings. The average Bonchev–Trinajstić information content (AvgIpc) is 2.82. The second kappa shape index (κ2) is 9.78. The highest BCUT2D eigenvalue weighted by atomic mass is 16.5. The van der Waals surface area contributed by atoms with Crippen LogP contribution in [-0.4, -0.2) is 43.0 Å². The fraction of sp³-hybridized carbons (Fsp3) is 0.320. The van der Waals surface area contributed by atoms with Crippen molar-refractivity contribution >= 4 is 22.7 Å². The molecule has 3 aromatic rings. The molecule has 2 unspecified atom stereocenters. The number of carbonyl (C=O) groups is 2. The van der Waals surface area contributed by atoms with Gasteiger partial charge in [0, 0.05) is 41.8 Å². The molecular weight excluding hydrogens is 404 g/mol. The number of aromatic nitrogens is 1. The zero-order valence-corrected chi connectivity index (χ0v) is 18.4. The van der Waals surface area contributed by atoms with Crippen LogP contribution in [0.25, 0.3) is 10.9 Å². The highest BCUT2D eigenvalue weighted by Gasteiger charge is 2.31. The number of benzene rings is 2. The Hall–Kier alpha value is -3.45. The lowest BCUT2D eigenvalue weighted by Crippen LogP contribution is -2.54. The minimum atomic E-state index is -0.279. The van der Waals surface area contributed by atoms with Crippen LogP contribution in [0.2, 0.25) is 0 Å². The van der Waals surface area contributed by atoms with Gasteiger partial charge >= 0.3 is 0 Å². The maximum Gasteiger partial charge on any atom is 0.251 e. The van der Waals surface area contributed by atoms with E-state index in [1.165, 1.54) is 0 Å². The molecule has 1 aliphatic rings. The maximum atomic E-state index is 12.7. The molecule has 0 saturated carbocycles. The lowest BCUT2D eigenvalue weighted by Gasteiger charge is -2.31. The predicted molar refractivity (Wildman–Crippen MR) is 124 cm³/mol. The van der Waals surface area contributed by atoms with Crippen molar-refractivity contribution in [3.8, 4) is 5.75 Å². The lowest BCUT2D eigenvalue weighted by molar-refractivity contribution is -0.125. The molecule has 2 amide bonds. The van der Waals surface area contributed by atoms with E-state index in [9.17, 15) is 9.59 Å². The summed E-state index contributed by atoms with van der Waals surface area (Å²) in [6, 6.07) is 16.9. The Labute approximate surface area is 187 Å². The number of amides is 2. The highest BCUT2D eigenvalue weighted by molar-refractivity contribution is 5.95. The fourth-order valence-corrected chi connectivity index (χ4v) is 4.12. The summed E-state index contributed by atoms with van der Waals surface area (Å²) in [7, 11) is 1.62. The molecule has 2 aromatic carbocycles. The van der Waals surface area contributed by atoms with Gasteiger partial charge in [0.05, 0.1) is 11.4 Å². The van der Waals surface area contributed by atoms with Gasteiger partial charge in [0.1, 0.15) is 12.4 Å². The number of hydrogen-bond acceptors (Lipinski definition) is 5. The van der Waals surface area contributed by atoms with Crippen LogP contribution in [0, 0.1) is 12.8 Å². The van der Waals surface area contributed by atoms with Crippen LogP contribution in [0.15, 0.2) is 54.6 Å². The molecular formula is C25H28N4O3. The van der Waals surface area contributed by atoms with Crippen LogP contribution in [0.5, 0.6) is 5.75 Å². The first kappa shape index (κ1) is 21.8. The van der Waals surface area contributed by atoms with E-state index in [0.717, 1.165) is 28.7 Å². The Bertz CT molecular complexity index is 1110. The summed E-state index contributed by atoms with van der Waals surface area (Å²) in [6.07, 6.45) is 0.713. The first-order valence-corrected chi connectivity index (χ1v) is 10.9. The molecule has 32 heavy (non-hydrogen) atoms. The van der Waals surface area contributed by atoms with Gasteiger partial charge in [-0.1, -0.05) is 18.2 Å². The molecule has 2 heterocycles. The van der Waals surface area contributed by atoms with E-state index in [1.54, 1.807) is 31.3 Å². The number of pyridine rings is 1. The Morgan fingerprint density at radius 3 is 2.72 bits per heavy atom. The minimum Gasteiger partial charge on any atom is -0.489 e. The predicted octanol–water partition coefficient (Wildman–Crippen LogP) is 2.58. The van der Waals surface area contributed by atoms with Gasteiger partial charge in [-0.05, 0) is 56.3 Å². The number of rotatable bonds is 6. The number of aryl methyl sites for hydroxylation is 1. The Kier molecular flexibility index (Phi) is 6.66. The first-order chi connectivity index (χ1) is 15.5. The molecule has 0 bridgehead atoms. The van der Waals surface area contributed by atoms with Crippen molar-refractivity contribution < 1.29 is 14.3 Å². The van der Waals surface area contributed by atoms with Crippen LogP contribution in [0.1, 0.15) is 28.0 Å². The number of piperidine rings is 1. The van der Waals surface area contributed by atoms with Gasteiger partial charge in [-0.2, -0.15) is 0 Å². The van der Waals surface area contributed by atoms with Crippen LogP contribution in [-0.2, 0) is 11.4 Å². The molecule has 1 aromatic heterocycles. The third-order valence-corrected chi connectivity index (χ3v) is 5.82. The van der Waals surface area contributed by atoms with Gasteiger partial charge in [-0.25, -0.2) is 0 Å². The molecule has 0 aliphatic carbocycles. The van der Waals surface area contributed by atoms with Gasteiger partial charge < -0.3 is 20.7 Å². The monoisotopic (exact) mass is 432 g/mol. The van der Waals surface area contributed by atoms with Crippen LogP contribution in [0.3, 0.4) is 0 Å². The number of fused-ring (bicyclic) bond motifs is 1. The lowest BCUT2D eigenvalue weighted by atomic mass is 9.92. The molecule has 7 nitrogen and oxygen atoms in total. The standard InChI is InChI=1S/C25H28N4O3/c1-16-13-18(20-5-3-4-6-22(20)28-16)15-32-19-9-7-17(8-10-19)24(30)29-23-11-12-27-14-21(23)25(31)26-2/h3-10,13,21,23,27H,11-12,14-15H2,1-2H3,(H,26,31)(H,29,30). The minimum absolute atomic E-state index is 0.0647. The van der Waals surface area contributed by atoms with Crippen molar-refractivity contribution in [3.05, 3.63) is 71.4 Å². The smallest absolute Gasteiger partial charge is 0.251 e. The summed E-state index contributed by atoms with van der Waals surface area (Å²) in [5, 5.41) is 9.97. The molecule has 2 atom stereocenters. The van der Waals surface area contributed by atoms with Crippen molar-refractivity contribution in [2.75, 3.05) is 20.1 Å². The Morgan fingerprint density at radius 2 is 1.94 bits per heavy atom. The number of carbonyl (C=O) groups excluding carboxylic acids is 2. The number of nitrogens with zero attached hydrogens (tertiary/aromatic N) is 1. The molecule has 0 spiro atoms. The van der Waals surface area contributed by atoms with E-state index < -0.39 is 0 Å². The van der Waals surface area contributed by atoms with Crippen LogP contribution in [0.4, 0.5) is 0 Å². The molecule has 1 saturated heterocycles. The van der Waals surface area contributed by atoms with E-state index in [-0.39, 0.29) is 23.8 Å². The van der Waals surface area contributed by atoms with Crippen molar-refractivity contribution in [1.29, 1.82) is 0 Å². The Balaban J connectivity index is 1.40. The van der Waals surface area contributed by atoms with Crippen LogP contribution >= 0.6 is 0 Å². The Morgan fingerprint density at radius 1 is 1.16 bits per heavy atom. The number of ether oxygens (including phenoxy) is 1. The maximum absolute atomic E-state index is 12.7. The summed E-state index contributed by atoms with van der Waals surface area (Å²) in [4.78, 5) is 29.4. The highest BCUT2D eigenvalue weighted by Crippen LogP contribution is 2.21. The summed E-state index contributed by atoms with van der Waals surface area (Å²) in [5.41, 5.74) is 3.51. The van der Waals surface area contributed by atoms with Crippen LogP contribution < -0.4 is 20.7 Å². The van der Waals surface area contributed by atoms with Gasteiger partial charge in [-0.3, -0.25) is 14.6 Å². The van der Waals surface area contributed by atoms with E-state index in [1.807, 2.05) is 37.3 Å². The summed E-state index contributed by atoms with van der Waals surface area (Å²) in [6.45, 7) is 3.72. The average molecular weight is 433 g/mol. The fourth-order valence-electron chi connectivity index (χ4n) is 4.12. The molecule has 166 valence electrons. The van der Waals surface area contributed by atoms with E-state index in [4.69, 9.17) is 4.74 Å². The number of nitrogens with one attached hydrogen (secondary N) is 3. The summed E-state index contributed by atoms with van der Waals surface area (Å²) >= 11 is 0. The van der Waals surface area contributed by atoms with Crippen molar-refractivity contribution in [1.82, 2.24) is 20.9 Å². The summed E-state index contributed by atoms with van der Waals surface area (Å²) in [5.74, 6) is 0.155. The van der Waals surface area contributed by atoms with Gasteiger partial charge in [0.15, 0.2) is 0 Å². The molecule has 7 heteroatoms. The van der Waals surface area contributed by atoms with Crippen molar-refractivity contribution in [2.24, 2.45) is 5.92 Å². The first-order valence-electron chi connectivity index (χ1n) is 10.9. The molecule has 4 rings (SSSR count). The van der Waals surface area contributed by atoms with E-state index in [2.05, 4.69) is 20.9 Å². The zero-order chi connectivity index (χ0) is 22.5. The SMILES string of the molecule is CNC(=O)C1CNCCC1NC(=O)c1ccc(OCc2cc(C)nc3ccccc23)cc1. The van der Waals surface area contributed by atoms with Crippen molar-refractivity contribution in [2.45, 2.75) is 26.0 Å². The third-order valence-electron chi connectivity index (χ3n) is 5.82. The normalized spacial score (nSPS) is 18.2. The van der Waals surface area contributed by atoms with Gasteiger partial charge in [0.25, 0.3) is 5.91 Å². The van der Waals surface area contributed by atoms with Crippen molar-refractivity contribution in [3.63, 3.8) is 0 Å². The third kappa shape index (κ3) is 4.89. The quantitative estimate of drug-likeness (QED) is 0.557. The summed E-state index contributed by atoms with van der Waals surface area (Å²) < 4.78 is 5.98. The number of hydrogen-bond donors (Lipinski definition) is 3.